The predicted octanol–water partition coefficient (Wildman–Crippen LogP) is 4.54. The molecule has 0 saturated carbocycles. The normalized spacial score (nSPS) is 10.2. The van der Waals surface area contributed by atoms with Gasteiger partial charge in [0.15, 0.2) is 0 Å². The van der Waals surface area contributed by atoms with Crippen LogP contribution in [-0.4, -0.2) is 27.2 Å². The van der Waals surface area contributed by atoms with Crippen molar-refractivity contribution in [2.45, 2.75) is 6.61 Å². The molecule has 0 radical (unpaired) electrons. The summed E-state index contributed by atoms with van der Waals surface area (Å²) in [6, 6.07) is 19.9. The van der Waals surface area contributed by atoms with Gasteiger partial charge in [-0.25, -0.2) is 0 Å². The van der Waals surface area contributed by atoms with Gasteiger partial charge in [0.05, 0.1) is 27.0 Å². The summed E-state index contributed by atoms with van der Waals surface area (Å²) in [5.41, 5.74) is 1.80. The number of amides is 1. The third kappa shape index (κ3) is 4.99. The van der Waals surface area contributed by atoms with Crippen molar-refractivity contribution in [3.63, 3.8) is 0 Å². The van der Waals surface area contributed by atoms with Crippen molar-refractivity contribution < 1.29 is 23.7 Å². The van der Waals surface area contributed by atoms with Crippen LogP contribution in [0.2, 0.25) is 0 Å². The van der Waals surface area contributed by atoms with E-state index in [-0.39, 0.29) is 12.5 Å². The topological polar surface area (TPSA) is 66.0 Å². The largest absolute Gasteiger partial charge is 0.497 e. The molecule has 0 atom stereocenters. The first-order chi connectivity index (χ1) is 14.1. The minimum absolute atomic E-state index is 0.267. The lowest BCUT2D eigenvalue weighted by molar-refractivity contribution is 0.102. The molecule has 0 heterocycles. The SMILES string of the molecule is COc1ccc(NC(=O)c2ccc(OC)c(COc3ccccc3)c2)c(OC)c1. The number of hydrogen-bond acceptors (Lipinski definition) is 5. The van der Waals surface area contributed by atoms with Crippen LogP contribution in [-0.2, 0) is 6.61 Å². The number of carbonyl (C=O) groups is 1. The quantitative estimate of drug-likeness (QED) is 0.608. The number of methoxy groups -OCH3 is 3. The molecule has 0 spiro atoms. The van der Waals surface area contributed by atoms with Crippen LogP contribution in [0.25, 0.3) is 0 Å². The fraction of sp³-hybridized carbons (Fsp3) is 0.174. The number of nitrogens with one attached hydrogen (secondary N) is 1. The molecule has 3 aromatic carbocycles. The summed E-state index contributed by atoms with van der Waals surface area (Å²) < 4.78 is 21.7. The highest BCUT2D eigenvalue weighted by Gasteiger charge is 2.14. The van der Waals surface area contributed by atoms with Gasteiger partial charge in [0.2, 0.25) is 0 Å². The number of anilines is 1. The summed E-state index contributed by atoms with van der Waals surface area (Å²) in [7, 11) is 4.70. The molecule has 0 aliphatic rings. The zero-order valence-corrected chi connectivity index (χ0v) is 16.6. The summed E-state index contributed by atoms with van der Waals surface area (Å²) in [5.74, 6) is 2.28. The van der Waals surface area contributed by atoms with Crippen molar-refractivity contribution in [2.24, 2.45) is 0 Å². The molecule has 1 N–H and O–H groups in total. The lowest BCUT2D eigenvalue weighted by atomic mass is 10.1. The van der Waals surface area contributed by atoms with Crippen molar-refractivity contribution in [1.82, 2.24) is 0 Å². The van der Waals surface area contributed by atoms with E-state index >= 15 is 0 Å². The monoisotopic (exact) mass is 393 g/mol. The second-order valence-corrected chi connectivity index (χ2v) is 6.15. The molecule has 29 heavy (non-hydrogen) atoms. The number of para-hydroxylation sites is 1. The molecule has 0 aliphatic heterocycles. The van der Waals surface area contributed by atoms with E-state index < -0.39 is 0 Å². The van der Waals surface area contributed by atoms with E-state index in [1.807, 2.05) is 30.3 Å². The molecule has 0 aliphatic carbocycles. The maximum absolute atomic E-state index is 12.8. The highest BCUT2D eigenvalue weighted by atomic mass is 16.5. The Kier molecular flexibility index (Phi) is 6.58. The Balaban J connectivity index is 1.78. The minimum atomic E-state index is -0.267. The van der Waals surface area contributed by atoms with E-state index in [9.17, 15) is 4.79 Å². The van der Waals surface area contributed by atoms with Gasteiger partial charge in [-0.1, -0.05) is 18.2 Å². The van der Waals surface area contributed by atoms with Crippen molar-refractivity contribution in [3.8, 4) is 23.0 Å². The third-order valence-electron chi connectivity index (χ3n) is 4.34. The van der Waals surface area contributed by atoms with Gasteiger partial charge in [-0.05, 0) is 42.5 Å². The molecule has 0 aromatic heterocycles. The van der Waals surface area contributed by atoms with Gasteiger partial charge in [0.1, 0.15) is 29.6 Å². The number of benzene rings is 3. The summed E-state index contributed by atoms with van der Waals surface area (Å²) in [4.78, 5) is 12.8. The third-order valence-corrected chi connectivity index (χ3v) is 4.34. The van der Waals surface area contributed by atoms with Gasteiger partial charge in [-0.3, -0.25) is 4.79 Å². The molecule has 3 rings (SSSR count). The summed E-state index contributed by atoms with van der Waals surface area (Å²) in [6.07, 6.45) is 0. The molecule has 0 bridgehead atoms. The Morgan fingerprint density at radius 2 is 1.55 bits per heavy atom. The smallest absolute Gasteiger partial charge is 0.255 e. The van der Waals surface area contributed by atoms with Crippen LogP contribution in [0.1, 0.15) is 15.9 Å². The van der Waals surface area contributed by atoms with Crippen LogP contribution in [0.15, 0.2) is 66.7 Å². The van der Waals surface area contributed by atoms with Crippen molar-refractivity contribution >= 4 is 11.6 Å². The number of carbonyl (C=O) groups excluding carboxylic acids is 1. The zero-order valence-electron chi connectivity index (χ0n) is 16.6. The summed E-state index contributed by atoms with van der Waals surface area (Å²) in [6.45, 7) is 0.278. The fourth-order valence-electron chi connectivity index (χ4n) is 2.81. The second kappa shape index (κ2) is 9.50. The van der Waals surface area contributed by atoms with E-state index in [0.717, 1.165) is 11.3 Å². The van der Waals surface area contributed by atoms with Crippen molar-refractivity contribution in [2.75, 3.05) is 26.6 Å². The second-order valence-electron chi connectivity index (χ2n) is 6.15. The van der Waals surface area contributed by atoms with Crippen molar-refractivity contribution in [3.05, 3.63) is 77.9 Å². The maximum atomic E-state index is 12.8. The van der Waals surface area contributed by atoms with Crippen LogP contribution < -0.4 is 24.3 Å². The van der Waals surface area contributed by atoms with Crippen LogP contribution in [0.5, 0.6) is 23.0 Å². The van der Waals surface area contributed by atoms with Gasteiger partial charge < -0.3 is 24.3 Å². The van der Waals surface area contributed by atoms with Crippen molar-refractivity contribution in [1.29, 1.82) is 0 Å². The van der Waals surface area contributed by atoms with Gasteiger partial charge in [0, 0.05) is 17.2 Å². The Morgan fingerprint density at radius 1 is 0.793 bits per heavy atom. The molecule has 6 nitrogen and oxygen atoms in total. The molecule has 1 amide bonds. The molecular formula is C23H23NO5. The zero-order chi connectivity index (χ0) is 20.6. The highest BCUT2D eigenvalue weighted by Crippen LogP contribution is 2.30. The lowest BCUT2D eigenvalue weighted by Crippen LogP contribution is -2.13. The van der Waals surface area contributed by atoms with Crippen LogP contribution in [0.4, 0.5) is 5.69 Å². The van der Waals surface area contributed by atoms with E-state index in [0.29, 0.717) is 28.5 Å². The molecule has 0 saturated heterocycles. The maximum Gasteiger partial charge on any atom is 0.255 e. The number of hydrogen-bond donors (Lipinski definition) is 1. The Labute approximate surface area is 170 Å². The van der Waals surface area contributed by atoms with E-state index in [4.69, 9.17) is 18.9 Å². The van der Waals surface area contributed by atoms with E-state index in [1.54, 1.807) is 50.6 Å². The van der Waals surface area contributed by atoms with Gasteiger partial charge >= 0.3 is 0 Å². The molecule has 0 unspecified atom stereocenters. The summed E-state index contributed by atoms with van der Waals surface area (Å²) >= 11 is 0. The first kappa shape index (κ1) is 20.1. The first-order valence-corrected chi connectivity index (χ1v) is 9.02. The number of ether oxygens (including phenoxy) is 4. The van der Waals surface area contributed by atoms with Gasteiger partial charge in [-0.2, -0.15) is 0 Å². The Bertz CT molecular complexity index is 972. The highest BCUT2D eigenvalue weighted by molar-refractivity contribution is 6.05. The first-order valence-electron chi connectivity index (χ1n) is 9.02. The minimum Gasteiger partial charge on any atom is -0.497 e. The fourth-order valence-corrected chi connectivity index (χ4v) is 2.81. The van der Waals surface area contributed by atoms with Gasteiger partial charge in [0.25, 0.3) is 5.91 Å². The molecule has 6 heteroatoms. The Morgan fingerprint density at radius 3 is 2.24 bits per heavy atom. The Hall–Kier alpha value is -3.67. The van der Waals surface area contributed by atoms with Gasteiger partial charge in [-0.15, -0.1) is 0 Å². The molecule has 3 aromatic rings. The lowest BCUT2D eigenvalue weighted by Gasteiger charge is -2.14. The van der Waals surface area contributed by atoms with Crippen LogP contribution in [0.3, 0.4) is 0 Å². The average Bonchev–Trinajstić information content (AvgIpc) is 2.78. The summed E-state index contributed by atoms with van der Waals surface area (Å²) in [5, 5.41) is 2.87. The van der Waals surface area contributed by atoms with E-state index in [2.05, 4.69) is 5.32 Å². The molecular weight excluding hydrogens is 370 g/mol. The predicted molar refractivity (Wildman–Crippen MR) is 111 cm³/mol. The van der Waals surface area contributed by atoms with Crippen LogP contribution >= 0.6 is 0 Å². The van der Waals surface area contributed by atoms with E-state index in [1.165, 1.54) is 7.11 Å². The van der Waals surface area contributed by atoms with Crippen LogP contribution in [0, 0.1) is 0 Å². The standard InChI is InChI=1S/C23H23NO5/c1-26-19-10-11-20(22(14-19)28-3)24-23(25)16-9-12-21(27-2)17(13-16)15-29-18-7-5-4-6-8-18/h4-14H,15H2,1-3H3,(H,24,25). The molecule has 150 valence electrons. The number of rotatable bonds is 8. The molecule has 0 fully saturated rings. The average molecular weight is 393 g/mol.